The molecule has 76 valence electrons. The Balaban J connectivity index is 2.85. The van der Waals surface area contributed by atoms with Gasteiger partial charge >= 0.3 is 5.97 Å². The molecule has 0 aliphatic heterocycles. The molecule has 1 unspecified atom stereocenters. The number of halogens is 1. The first-order valence-corrected chi connectivity index (χ1v) is 4.26. The molecule has 0 saturated carbocycles. The zero-order valence-electron chi connectivity index (χ0n) is 7.27. The normalized spacial score (nSPS) is 12.4. The molecule has 0 aliphatic rings. The standard InChI is InChI=1S/C8H10ClN3O2/c9-5-1-4(7(11)12-3-5)2-6(10)8(13)14/h1,3,6H,2,10H2,(H2,11,12)(H,13,14). The van der Waals surface area contributed by atoms with E-state index in [0.29, 0.717) is 10.6 Å². The number of carboxylic acids is 1. The van der Waals surface area contributed by atoms with Crippen molar-refractivity contribution in [2.45, 2.75) is 12.5 Å². The number of aromatic nitrogens is 1. The van der Waals surface area contributed by atoms with Crippen LogP contribution in [0.3, 0.4) is 0 Å². The number of nitrogen functional groups attached to an aromatic ring is 1. The molecule has 5 nitrogen and oxygen atoms in total. The monoisotopic (exact) mass is 215 g/mol. The third-order valence-corrected chi connectivity index (χ3v) is 1.93. The highest BCUT2D eigenvalue weighted by Gasteiger charge is 2.14. The second-order valence-electron chi connectivity index (χ2n) is 2.85. The second kappa shape index (κ2) is 4.26. The van der Waals surface area contributed by atoms with E-state index in [1.54, 1.807) is 6.07 Å². The minimum absolute atomic E-state index is 0.120. The molecule has 1 heterocycles. The maximum atomic E-state index is 10.5. The Kier molecular flexibility index (Phi) is 3.27. The van der Waals surface area contributed by atoms with Crippen molar-refractivity contribution in [3.8, 4) is 0 Å². The zero-order chi connectivity index (χ0) is 10.7. The Labute approximate surface area is 85.7 Å². The van der Waals surface area contributed by atoms with Gasteiger partial charge in [0, 0.05) is 12.6 Å². The molecule has 0 radical (unpaired) electrons. The van der Waals surface area contributed by atoms with E-state index >= 15 is 0 Å². The fourth-order valence-electron chi connectivity index (χ4n) is 0.980. The number of carbonyl (C=O) groups is 1. The molecular formula is C8H10ClN3O2. The van der Waals surface area contributed by atoms with Gasteiger partial charge in [0.15, 0.2) is 0 Å². The average Bonchev–Trinajstić information content (AvgIpc) is 2.11. The summed E-state index contributed by atoms with van der Waals surface area (Å²) >= 11 is 5.67. The molecule has 1 aromatic rings. The Morgan fingerprint density at radius 1 is 1.71 bits per heavy atom. The fourth-order valence-corrected chi connectivity index (χ4v) is 1.16. The topological polar surface area (TPSA) is 102 Å². The summed E-state index contributed by atoms with van der Waals surface area (Å²) < 4.78 is 0. The molecule has 0 bridgehead atoms. The van der Waals surface area contributed by atoms with E-state index in [-0.39, 0.29) is 12.2 Å². The van der Waals surface area contributed by atoms with Gasteiger partial charge in [-0.3, -0.25) is 4.79 Å². The number of nitrogens with zero attached hydrogens (tertiary/aromatic N) is 1. The summed E-state index contributed by atoms with van der Waals surface area (Å²) in [6, 6.07) is 0.574. The number of rotatable bonds is 3. The van der Waals surface area contributed by atoms with Crippen molar-refractivity contribution in [3.63, 3.8) is 0 Å². The number of pyridine rings is 1. The van der Waals surface area contributed by atoms with E-state index in [0.717, 1.165) is 0 Å². The lowest BCUT2D eigenvalue weighted by atomic mass is 10.1. The fraction of sp³-hybridized carbons (Fsp3) is 0.250. The van der Waals surface area contributed by atoms with E-state index in [1.807, 2.05) is 0 Å². The third-order valence-electron chi connectivity index (χ3n) is 1.73. The van der Waals surface area contributed by atoms with Gasteiger partial charge < -0.3 is 16.6 Å². The van der Waals surface area contributed by atoms with E-state index in [1.165, 1.54) is 6.20 Å². The van der Waals surface area contributed by atoms with Gasteiger partial charge in [-0.15, -0.1) is 0 Å². The largest absolute Gasteiger partial charge is 0.480 e. The summed E-state index contributed by atoms with van der Waals surface area (Å²) in [6.45, 7) is 0. The molecule has 0 spiro atoms. The summed E-state index contributed by atoms with van der Waals surface area (Å²) in [7, 11) is 0. The molecule has 1 aromatic heterocycles. The van der Waals surface area contributed by atoms with Crippen LogP contribution in [0.2, 0.25) is 5.02 Å². The third kappa shape index (κ3) is 2.58. The van der Waals surface area contributed by atoms with Crippen molar-refractivity contribution in [2.75, 3.05) is 5.73 Å². The summed E-state index contributed by atoms with van der Waals surface area (Å²) in [5, 5.41) is 8.99. The lowest BCUT2D eigenvalue weighted by Crippen LogP contribution is -2.32. The molecular weight excluding hydrogens is 206 g/mol. The van der Waals surface area contributed by atoms with Crippen LogP contribution in [-0.4, -0.2) is 22.1 Å². The lowest BCUT2D eigenvalue weighted by Gasteiger charge is -2.08. The number of carboxylic acid groups (broad SMARTS) is 1. The van der Waals surface area contributed by atoms with Crippen LogP contribution in [0, 0.1) is 0 Å². The lowest BCUT2D eigenvalue weighted by molar-refractivity contribution is -0.138. The first-order chi connectivity index (χ1) is 6.50. The highest BCUT2D eigenvalue weighted by molar-refractivity contribution is 6.30. The van der Waals surface area contributed by atoms with Gasteiger partial charge in [-0.2, -0.15) is 0 Å². The van der Waals surface area contributed by atoms with Crippen molar-refractivity contribution in [1.29, 1.82) is 0 Å². The molecule has 0 fully saturated rings. The summed E-state index contributed by atoms with van der Waals surface area (Å²) in [5.41, 5.74) is 11.4. The molecule has 6 heteroatoms. The predicted octanol–water partition coefficient (Wildman–Crippen LogP) is 0.272. The van der Waals surface area contributed by atoms with Gasteiger partial charge in [0.2, 0.25) is 0 Å². The zero-order valence-corrected chi connectivity index (χ0v) is 8.03. The number of aliphatic carboxylic acids is 1. The first-order valence-electron chi connectivity index (χ1n) is 3.89. The second-order valence-corrected chi connectivity index (χ2v) is 3.28. The smallest absolute Gasteiger partial charge is 0.320 e. The van der Waals surface area contributed by atoms with Crippen molar-refractivity contribution in [1.82, 2.24) is 4.98 Å². The van der Waals surface area contributed by atoms with E-state index in [2.05, 4.69) is 4.98 Å². The maximum absolute atomic E-state index is 10.5. The minimum atomic E-state index is -1.08. The highest BCUT2D eigenvalue weighted by Crippen LogP contribution is 2.16. The summed E-state index contributed by atoms with van der Waals surface area (Å²) in [6.07, 6.45) is 1.52. The molecule has 1 atom stereocenters. The molecule has 0 saturated heterocycles. The van der Waals surface area contributed by atoms with Gasteiger partial charge in [0.05, 0.1) is 5.02 Å². The van der Waals surface area contributed by atoms with Crippen LogP contribution < -0.4 is 11.5 Å². The van der Waals surface area contributed by atoms with Crippen LogP contribution in [0.15, 0.2) is 12.3 Å². The Morgan fingerprint density at radius 3 is 2.93 bits per heavy atom. The van der Waals surface area contributed by atoms with Crippen LogP contribution in [0.25, 0.3) is 0 Å². The molecule has 0 amide bonds. The van der Waals surface area contributed by atoms with E-state index in [9.17, 15) is 4.79 Å². The van der Waals surface area contributed by atoms with E-state index in [4.69, 9.17) is 28.2 Å². The van der Waals surface area contributed by atoms with Crippen LogP contribution in [0.4, 0.5) is 5.82 Å². The van der Waals surface area contributed by atoms with Crippen LogP contribution in [-0.2, 0) is 11.2 Å². The summed E-state index contributed by atoms with van der Waals surface area (Å²) in [4.78, 5) is 14.3. The van der Waals surface area contributed by atoms with E-state index < -0.39 is 12.0 Å². The van der Waals surface area contributed by atoms with Crippen molar-refractivity contribution >= 4 is 23.4 Å². The van der Waals surface area contributed by atoms with Crippen LogP contribution in [0.5, 0.6) is 0 Å². The summed E-state index contributed by atoms with van der Waals surface area (Å²) in [5.74, 6) is -0.824. The van der Waals surface area contributed by atoms with Crippen molar-refractivity contribution in [3.05, 3.63) is 22.8 Å². The predicted molar refractivity (Wildman–Crippen MR) is 53.0 cm³/mol. The average molecular weight is 216 g/mol. The molecule has 0 aliphatic carbocycles. The van der Waals surface area contributed by atoms with Crippen molar-refractivity contribution in [2.24, 2.45) is 5.73 Å². The Morgan fingerprint density at radius 2 is 2.36 bits per heavy atom. The molecule has 1 rings (SSSR count). The quantitative estimate of drug-likeness (QED) is 0.672. The Hall–Kier alpha value is -1.33. The van der Waals surface area contributed by atoms with Gasteiger partial charge in [0.25, 0.3) is 0 Å². The SMILES string of the molecule is Nc1ncc(Cl)cc1CC(N)C(=O)O. The van der Waals surface area contributed by atoms with Crippen molar-refractivity contribution < 1.29 is 9.90 Å². The minimum Gasteiger partial charge on any atom is -0.480 e. The highest BCUT2D eigenvalue weighted by atomic mass is 35.5. The van der Waals surface area contributed by atoms with Gasteiger partial charge in [-0.05, 0) is 11.6 Å². The first kappa shape index (κ1) is 10.7. The molecule has 14 heavy (non-hydrogen) atoms. The Bertz CT molecular complexity index is 356. The van der Waals surface area contributed by atoms with Crippen LogP contribution >= 0.6 is 11.6 Å². The number of hydrogen-bond acceptors (Lipinski definition) is 4. The number of hydrogen-bond donors (Lipinski definition) is 3. The number of nitrogens with two attached hydrogens (primary N) is 2. The maximum Gasteiger partial charge on any atom is 0.320 e. The number of anilines is 1. The van der Waals surface area contributed by atoms with Crippen LogP contribution in [0.1, 0.15) is 5.56 Å². The van der Waals surface area contributed by atoms with Gasteiger partial charge in [0.1, 0.15) is 11.9 Å². The van der Waals surface area contributed by atoms with Gasteiger partial charge in [-0.25, -0.2) is 4.98 Å². The van der Waals surface area contributed by atoms with Gasteiger partial charge in [-0.1, -0.05) is 11.6 Å². The molecule has 5 N–H and O–H groups in total. The molecule has 0 aromatic carbocycles.